The number of rotatable bonds is 3. The van der Waals surface area contributed by atoms with Crippen molar-refractivity contribution >= 4 is 11.6 Å². The van der Waals surface area contributed by atoms with Crippen molar-refractivity contribution in [2.24, 2.45) is 5.73 Å². The second-order valence-electron chi connectivity index (χ2n) is 4.20. The Morgan fingerprint density at radius 3 is 2.72 bits per heavy atom. The van der Waals surface area contributed by atoms with E-state index in [1.807, 2.05) is 13.8 Å². The van der Waals surface area contributed by atoms with E-state index in [2.05, 4.69) is 5.10 Å². The van der Waals surface area contributed by atoms with E-state index < -0.39 is 5.82 Å². The zero-order valence-electron chi connectivity index (χ0n) is 10.4. The van der Waals surface area contributed by atoms with Gasteiger partial charge in [-0.25, -0.2) is 9.07 Å². The van der Waals surface area contributed by atoms with E-state index in [0.717, 1.165) is 29.1 Å². The fourth-order valence-electron chi connectivity index (χ4n) is 2.05. The molecule has 0 unspecified atom stereocenters. The summed E-state index contributed by atoms with van der Waals surface area (Å²) in [4.78, 5) is 0. The molecular weight excluding hydrogens is 253 g/mol. The Hall–Kier alpha value is -1.39. The fourth-order valence-corrected chi connectivity index (χ4v) is 2.22. The average Bonchev–Trinajstić information content (AvgIpc) is 2.61. The Kier molecular flexibility index (Phi) is 3.68. The summed E-state index contributed by atoms with van der Waals surface area (Å²) in [6.45, 7) is 4.50. The molecule has 5 heteroatoms. The lowest BCUT2D eigenvalue weighted by molar-refractivity contribution is 0.627. The van der Waals surface area contributed by atoms with E-state index in [1.165, 1.54) is 6.07 Å². The largest absolute Gasteiger partial charge is 0.330 e. The summed E-state index contributed by atoms with van der Waals surface area (Å²) >= 11 is 5.79. The molecule has 2 N–H and O–H groups in total. The summed E-state index contributed by atoms with van der Waals surface area (Å²) in [6.07, 6.45) is 0.784. The van der Waals surface area contributed by atoms with Crippen molar-refractivity contribution in [3.05, 3.63) is 46.0 Å². The Balaban J connectivity index is 2.50. The SMILES string of the molecule is Cc1nn(-c2ccc(F)c(Cl)c2)c(C)c1CCN. The first-order valence-electron chi connectivity index (χ1n) is 5.75. The molecule has 18 heavy (non-hydrogen) atoms. The van der Waals surface area contributed by atoms with Gasteiger partial charge in [-0.3, -0.25) is 0 Å². The zero-order chi connectivity index (χ0) is 13.3. The topological polar surface area (TPSA) is 43.8 Å². The van der Waals surface area contributed by atoms with Crippen LogP contribution in [0, 0.1) is 19.7 Å². The minimum atomic E-state index is -0.427. The van der Waals surface area contributed by atoms with Gasteiger partial charge in [0, 0.05) is 5.69 Å². The van der Waals surface area contributed by atoms with Gasteiger partial charge in [0.05, 0.1) is 16.4 Å². The predicted octanol–water partition coefficient (Wildman–Crippen LogP) is 2.78. The van der Waals surface area contributed by atoms with Crippen molar-refractivity contribution in [1.29, 1.82) is 0 Å². The maximum atomic E-state index is 13.1. The zero-order valence-corrected chi connectivity index (χ0v) is 11.1. The van der Waals surface area contributed by atoms with E-state index in [1.54, 1.807) is 16.8 Å². The van der Waals surface area contributed by atoms with E-state index in [-0.39, 0.29) is 5.02 Å². The molecule has 1 aromatic heterocycles. The van der Waals surface area contributed by atoms with Crippen LogP contribution in [0.3, 0.4) is 0 Å². The third-order valence-electron chi connectivity index (χ3n) is 2.98. The van der Waals surface area contributed by atoms with E-state index in [9.17, 15) is 4.39 Å². The Labute approximate surface area is 110 Å². The predicted molar refractivity (Wildman–Crippen MR) is 70.8 cm³/mol. The molecule has 1 aromatic carbocycles. The quantitative estimate of drug-likeness (QED) is 0.929. The van der Waals surface area contributed by atoms with Crippen LogP contribution in [0.4, 0.5) is 4.39 Å². The van der Waals surface area contributed by atoms with Crippen LogP contribution in [0.15, 0.2) is 18.2 Å². The smallest absolute Gasteiger partial charge is 0.141 e. The molecule has 0 radical (unpaired) electrons. The summed E-state index contributed by atoms with van der Waals surface area (Å²) < 4.78 is 14.9. The maximum absolute atomic E-state index is 13.1. The molecule has 1 heterocycles. The van der Waals surface area contributed by atoms with Gasteiger partial charge >= 0.3 is 0 Å². The van der Waals surface area contributed by atoms with Crippen LogP contribution in [-0.4, -0.2) is 16.3 Å². The molecule has 0 fully saturated rings. The first-order valence-corrected chi connectivity index (χ1v) is 6.13. The number of aryl methyl sites for hydroxylation is 1. The summed E-state index contributed by atoms with van der Waals surface area (Å²) in [6, 6.07) is 4.58. The molecule has 0 spiro atoms. The molecule has 0 bridgehead atoms. The second-order valence-corrected chi connectivity index (χ2v) is 4.61. The standard InChI is InChI=1S/C13H15ClFN3/c1-8-11(5-6-16)9(2)18(17-8)10-3-4-13(15)12(14)7-10/h3-4,7H,5-6,16H2,1-2H3. The Morgan fingerprint density at radius 2 is 2.11 bits per heavy atom. The van der Waals surface area contributed by atoms with E-state index in [0.29, 0.717) is 6.54 Å². The molecule has 96 valence electrons. The highest BCUT2D eigenvalue weighted by atomic mass is 35.5. The summed E-state index contributed by atoms with van der Waals surface area (Å²) in [5.74, 6) is -0.427. The van der Waals surface area contributed by atoms with Crippen molar-refractivity contribution < 1.29 is 4.39 Å². The number of aromatic nitrogens is 2. The second kappa shape index (κ2) is 5.08. The maximum Gasteiger partial charge on any atom is 0.141 e. The number of benzene rings is 1. The number of hydrogen-bond acceptors (Lipinski definition) is 2. The van der Waals surface area contributed by atoms with Gasteiger partial charge in [0.15, 0.2) is 0 Å². The fraction of sp³-hybridized carbons (Fsp3) is 0.308. The van der Waals surface area contributed by atoms with Crippen LogP contribution in [0.2, 0.25) is 5.02 Å². The highest BCUT2D eigenvalue weighted by Gasteiger charge is 2.12. The minimum absolute atomic E-state index is 0.0976. The summed E-state index contributed by atoms with van der Waals surface area (Å²) in [5, 5.41) is 4.55. The van der Waals surface area contributed by atoms with E-state index in [4.69, 9.17) is 17.3 Å². The van der Waals surface area contributed by atoms with Crippen molar-refractivity contribution in [2.75, 3.05) is 6.54 Å². The summed E-state index contributed by atoms with van der Waals surface area (Å²) in [7, 11) is 0. The van der Waals surface area contributed by atoms with Crippen molar-refractivity contribution in [3.63, 3.8) is 0 Å². The van der Waals surface area contributed by atoms with Gasteiger partial charge in [-0.1, -0.05) is 11.6 Å². The molecular formula is C13H15ClFN3. The molecule has 3 nitrogen and oxygen atoms in total. The highest BCUT2D eigenvalue weighted by Crippen LogP contribution is 2.22. The van der Waals surface area contributed by atoms with E-state index >= 15 is 0 Å². The lowest BCUT2D eigenvalue weighted by atomic mass is 10.1. The molecule has 0 saturated carbocycles. The third kappa shape index (κ3) is 2.26. The first kappa shape index (κ1) is 13.1. The van der Waals surface area contributed by atoms with Crippen LogP contribution >= 0.6 is 11.6 Å². The highest BCUT2D eigenvalue weighted by molar-refractivity contribution is 6.30. The van der Waals surface area contributed by atoms with Gasteiger partial charge in [0.1, 0.15) is 5.82 Å². The number of nitrogens with zero attached hydrogens (tertiary/aromatic N) is 2. The summed E-state index contributed by atoms with van der Waals surface area (Å²) in [5.41, 5.74) is 9.43. The first-order chi connectivity index (χ1) is 8.54. The normalized spacial score (nSPS) is 10.9. The minimum Gasteiger partial charge on any atom is -0.330 e. The number of halogens is 2. The lowest BCUT2D eigenvalue weighted by Crippen LogP contribution is -2.05. The van der Waals surface area contributed by atoms with Gasteiger partial charge in [-0.15, -0.1) is 0 Å². The molecule has 0 aliphatic rings. The third-order valence-corrected chi connectivity index (χ3v) is 3.27. The van der Waals surface area contributed by atoms with Crippen LogP contribution in [0.5, 0.6) is 0 Å². The van der Waals surface area contributed by atoms with Crippen molar-refractivity contribution in [2.45, 2.75) is 20.3 Å². The van der Waals surface area contributed by atoms with Crippen LogP contribution < -0.4 is 5.73 Å². The average molecular weight is 268 g/mol. The van der Waals surface area contributed by atoms with Crippen molar-refractivity contribution in [3.8, 4) is 5.69 Å². The van der Waals surface area contributed by atoms with Gasteiger partial charge in [0.2, 0.25) is 0 Å². The van der Waals surface area contributed by atoms with Gasteiger partial charge < -0.3 is 5.73 Å². The Bertz CT molecular complexity index is 578. The number of hydrogen-bond donors (Lipinski definition) is 1. The lowest BCUT2D eigenvalue weighted by Gasteiger charge is -2.06. The van der Waals surface area contributed by atoms with Gasteiger partial charge in [-0.05, 0) is 50.6 Å². The van der Waals surface area contributed by atoms with Crippen molar-refractivity contribution in [1.82, 2.24) is 9.78 Å². The van der Waals surface area contributed by atoms with Gasteiger partial charge in [-0.2, -0.15) is 5.10 Å². The molecule has 0 saturated heterocycles. The molecule has 0 atom stereocenters. The number of nitrogens with two attached hydrogens (primary N) is 1. The van der Waals surface area contributed by atoms with Crippen LogP contribution in [0.25, 0.3) is 5.69 Å². The molecule has 0 aliphatic carbocycles. The van der Waals surface area contributed by atoms with Crippen LogP contribution in [0.1, 0.15) is 17.0 Å². The molecule has 0 amide bonds. The molecule has 2 aromatic rings. The monoisotopic (exact) mass is 267 g/mol. The van der Waals surface area contributed by atoms with Crippen LogP contribution in [-0.2, 0) is 6.42 Å². The molecule has 0 aliphatic heterocycles. The van der Waals surface area contributed by atoms with Gasteiger partial charge in [0.25, 0.3) is 0 Å². The Morgan fingerprint density at radius 1 is 1.39 bits per heavy atom. The molecule has 2 rings (SSSR count).